The third kappa shape index (κ3) is 5.33. The molecule has 0 atom stereocenters. The maximum absolute atomic E-state index is 2.42. The van der Waals surface area contributed by atoms with E-state index in [0.29, 0.717) is 0 Å². The van der Waals surface area contributed by atoms with E-state index >= 15 is 0 Å². The van der Waals surface area contributed by atoms with Gasteiger partial charge < -0.3 is 9.47 Å². The molecule has 0 amide bonds. The lowest BCUT2D eigenvalue weighted by Gasteiger charge is -2.27. The highest BCUT2D eigenvalue weighted by Crippen LogP contribution is 2.50. The van der Waals surface area contributed by atoms with Crippen molar-refractivity contribution in [1.82, 2.24) is 4.57 Å². The van der Waals surface area contributed by atoms with E-state index < -0.39 is 0 Å². The van der Waals surface area contributed by atoms with Crippen molar-refractivity contribution in [2.24, 2.45) is 0 Å². The van der Waals surface area contributed by atoms with Crippen LogP contribution < -0.4 is 4.90 Å². The Bertz CT molecular complexity index is 3130. The number of fused-ring (bicyclic) bond motifs is 7. The molecule has 0 fully saturated rings. The summed E-state index contributed by atoms with van der Waals surface area (Å²) in [4.78, 5) is 2.36. The summed E-state index contributed by atoms with van der Waals surface area (Å²) in [5.41, 5.74) is 17.3. The summed E-state index contributed by atoms with van der Waals surface area (Å²) in [5, 5.41) is 4.95. The fourth-order valence-corrected chi connectivity index (χ4v) is 9.33. The van der Waals surface area contributed by atoms with E-state index in [0.717, 1.165) is 22.7 Å². The van der Waals surface area contributed by atoms with Crippen LogP contribution in [0.15, 0.2) is 206 Å². The van der Waals surface area contributed by atoms with Crippen LogP contribution in [0, 0.1) is 0 Å². The van der Waals surface area contributed by atoms with E-state index in [1.165, 1.54) is 77.1 Å². The molecular weight excluding hydrogens is 689 g/mol. The highest BCUT2D eigenvalue weighted by Gasteiger charge is 2.35. The number of aromatic nitrogens is 1. The van der Waals surface area contributed by atoms with Gasteiger partial charge in [0.2, 0.25) is 0 Å². The molecular formula is C55H40N2. The van der Waals surface area contributed by atoms with Crippen molar-refractivity contribution >= 4 is 49.6 Å². The van der Waals surface area contributed by atoms with Crippen LogP contribution in [0.3, 0.4) is 0 Å². The average molecular weight is 729 g/mol. The van der Waals surface area contributed by atoms with Crippen LogP contribution in [0.2, 0.25) is 0 Å². The Kier molecular flexibility index (Phi) is 7.55. The highest BCUT2D eigenvalue weighted by atomic mass is 15.1. The SMILES string of the molecule is CC1(C)c2ccccc2-c2ccc(-c3ccc4c(c3)c3ccc(-c5ccc(N(c6ccccc6)c6cccc7ccccc67)cc5)cc3n4-c3ccccc3)cc21. The van der Waals surface area contributed by atoms with E-state index in [1.807, 2.05) is 0 Å². The van der Waals surface area contributed by atoms with Gasteiger partial charge in [-0.1, -0.05) is 153 Å². The molecule has 2 nitrogen and oxygen atoms in total. The Labute approximate surface area is 333 Å². The second-order valence-corrected chi connectivity index (χ2v) is 15.8. The van der Waals surface area contributed by atoms with Crippen LogP contribution >= 0.6 is 0 Å². The molecule has 9 aromatic carbocycles. The van der Waals surface area contributed by atoms with Crippen LogP contribution in [0.25, 0.3) is 71.6 Å². The third-order valence-electron chi connectivity index (χ3n) is 12.2. The summed E-state index contributed by atoms with van der Waals surface area (Å²) >= 11 is 0. The number of para-hydroxylation sites is 2. The minimum Gasteiger partial charge on any atom is -0.310 e. The van der Waals surface area contributed by atoms with E-state index in [9.17, 15) is 0 Å². The normalized spacial score (nSPS) is 12.9. The lowest BCUT2D eigenvalue weighted by Crippen LogP contribution is -2.14. The maximum Gasteiger partial charge on any atom is 0.0547 e. The summed E-state index contributed by atoms with van der Waals surface area (Å²) in [6.07, 6.45) is 0. The van der Waals surface area contributed by atoms with Crippen LogP contribution in [-0.2, 0) is 5.41 Å². The number of nitrogens with zero attached hydrogens (tertiary/aromatic N) is 2. The molecule has 0 N–H and O–H groups in total. The largest absolute Gasteiger partial charge is 0.310 e. The second kappa shape index (κ2) is 13.0. The minimum atomic E-state index is -0.0419. The first-order chi connectivity index (χ1) is 28.0. The van der Waals surface area contributed by atoms with Crippen molar-refractivity contribution in [3.8, 4) is 39.1 Å². The van der Waals surface area contributed by atoms with Gasteiger partial charge in [-0.3, -0.25) is 0 Å². The van der Waals surface area contributed by atoms with Gasteiger partial charge in [0, 0.05) is 38.6 Å². The Morgan fingerprint density at radius 3 is 1.84 bits per heavy atom. The average Bonchev–Trinajstić information content (AvgIpc) is 3.72. The minimum absolute atomic E-state index is 0.0419. The van der Waals surface area contributed by atoms with Gasteiger partial charge in [-0.05, 0) is 117 Å². The summed E-state index contributed by atoms with van der Waals surface area (Å²) in [5.74, 6) is 0. The zero-order valence-electron chi connectivity index (χ0n) is 32.0. The second-order valence-electron chi connectivity index (χ2n) is 15.8. The molecule has 10 aromatic rings. The van der Waals surface area contributed by atoms with Crippen molar-refractivity contribution < 1.29 is 0 Å². The smallest absolute Gasteiger partial charge is 0.0547 e. The fourth-order valence-electron chi connectivity index (χ4n) is 9.33. The van der Waals surface area contributed by atoms with Gasteiger partial charge in [0.25, 0.3) is 0 Å². The van der Waals surface area contributed by atoms with Gasteiger partial charge in [-0.2, -0.15) is 0 Å². The number of benzene rings is 9. The van der Waals surface area contributed by atoms with Crippen molar-refractivity contribution in [2.45, 2.75) is 19.3 Å². The van der Waals surface area contributed by atoms with Crippen LogP contribution in [0.5, 0.6) is 0 Å². The molecule has 1 heterocycles. The molecule has 270 valence electrons. The zero-order chi connectivity index (χ0) is 38.1. The third-order valence-corrected chi connectivity index (χ3v) is 12.2. The lowest BCUT2D eigenvalue weighted by atomic mass is 9.81. The summed E-state index contributed by atoms with van der Waals surface area (Å²) < 4.78 is 2.42. The molecule has 1 aromatic heterocycles. The van der Waals surface area contributed by atoms with Crippen molar-refractivity contribution in [2.75, 3.05) is 4.90 Å². The Morgan fingerprint density at radius 2 is 1.00 bits per heavy atom. The first kappa shape index (κ1) is 33.2. The molecule has 0 aliphatic heterocycles. The van der Waals surface area contributed by atoms with Crippen LogP contribution in [-0.4, -0.2) is 4.57 Å². The van der Waals surface area contributed by atoms with Crippen LogP contribution in [0.1, 0.15) is 25.0 Å². The quantitative estimate of drug-likeness (QED) is 0.165. The van der Waals surface area contributed by atoms with Crippen molar-refractivity contribution in [3.63, 3.8) is 0 Å². The monoisotopic (exact) mass is 728 g/mol. The zero-order valence-corrected chi connectivity index (χ0v) is 32.0. The van der Waals surface area contributed by atoms with Crippen LogP contribution in [0.4, 0.5) is 17.1 Å². The van der Waals surface area contributed by atoms with Gasteiger partial charge >= 0.3 is 0 Å². The summed E-state index contributed by atoms with van der Waals surface area (Å²) in [6.45, 7) is 4.71. The Hall–Kier alpha value is -7.16. The topological polar surface area (TPSA) is 8.17 Å². The maximum atomic E-state index is 2.42. The molecule has 0 bridgehead atoms. The number of hydrogen-bond donors (Lipinski definition) is 0. The van der Waals surface area contributed by atoms with E-state index in [1.54, 1.807) is 0 Å². The molecule has 0 spiro atoms. The fraction of sp³-hybridized carbons (Fsp3) is 0.0545. The molecule has 0 saturated carbocycles. The van der Waals surface area contributed by atoms with Crippen molar-refractivity contribution in [3.05, 3.63) is 217 Å². The summed E-state index contributed by atoms with van der Waals surface area (Å²) in [6, 6.07) is 75.5. The number of rotatable bonds is 6. The molecule has 0 radical (unpaired) electrons. The first-order valence-corrected chi connectivity index (χ1v) is 19.8. The Morgan fingerprint density at radius 1 is 0.386 bits per heavy atom. The molecule has 57 heavy (non-hydrogen) atoms. The van der Waals surface area contributed by atoms with E-state index in [4.69, 9.17) is 0 Å². The van der Waals surface area contributed by atoms with Gasteiger partial charge in [0.15, 0.2) is 0 Å². The number of hydrogen-bond acceptors (Lipinski definition) is 1. The highest BCUT2D eigenvalue weighted by molar-refractivity contribution is 6.11. The molecule has 1 aliphatic rings. The van der Waals surface area contributed by atoms with Gasteiger partial charge in [0.05, 0.1) is 16.7 Å². The van der Waals surface area contributed by atoms with Gasteiger partial charge in [0.1, 0.15) is 0 Å². The van der Waals surface area contributed by atoms with Gasteiger partial charge in [-0.15, -0.1) is 0 Å². The van der Waals surface area contributed by atoms with Crippen molar-refractivity contribution in [1.29, 1.82) is 0 Å². The molecule has 2 heteroatoms. The van der Waals surface area contributed by atoms with E-state index in [2.05, 4.69) is 230 Å². The predicted molar refractivity (Wildman–Crippen MR) is 241 cm³/mol. The molecule has 0 saturated heterocycles. The molecule has 11 rings (SSSR count). The Balaban J connectivity index is 1.02. The molecule has 0 unspecified atom stereocenters. The standard InChI is InChI=1S/C55H40N2/c1-55(2)50-22-12-11-21-46(50)47-31-26-40(35-51(47)55)39-28-33-53-49(34-39)48-32-27-41(36-54(48)57(53)43-18-7-4-8-19-43)37-24-29-44(30-25-37)56(42-16-5-3-6-17-42)52-23-13-15-38-14-9-10-20-45(38)52/h3-36H,1-2H3. The lowest BCUT2D eigenvalue weighted by molar-refractivity contribution is 0.660. The number of anilines is 3. The first-order valence-electron chi connectivity index (χ1n) is 19.8. The predicted octanol–water partition coefficient (Wildman–Crippen LogP) is 15.0. The summed E-state index contributed by atoms with van der Waals surface area (Å²) in [7, 11) is 0. The van der Waals surface area contributed by atoms with Gasteiger partial charge in [-0.25, -0.2) is 0 Å². The van der Waals surface area contributed by atoms with E-state index in [-0.39, 0.29) is 5.41 Å². The molecule has 1 aliphatic carbocycles.